The van der Waals surface area contributed by atoms with E-state index in [0.717, 1.165) is 6.54 Å². The van der Waals surface area contributed by atoms with Crippen LogP contribution in [0.4, 0.5) is 0 Å². The van der Waals surface area contributed by atoms with Crippen molar-refractivity contribution in [2.24, 2.45) is 5.73 Å². The number of nitrogens with two attached hydrogens (primary N) is 1. The van der Waals surface area contributed by atoms with Crippen molar-refractivity contribution in [1.29, 1.82) is 0 Å². The fourth-order valence-corrected chi connectivity index (χ4v) is 0.167. The summed E-state index contributed by atoms with van der Waals surface area (Å²) in [6, 6.07) is 0. The van der Waals surface area contributed by atoms with Crippen molar-refractivity contribution >= 4 is 7.85 Å². The quantitative estimate of drug-likeness (QED) is 0.461. The van der Waals surface area contributed by atoms with Crippen LogP contribution >= 0.6 is 0 Å². The third kappa shape index (κ3) is 2.27. The lowest BCUT2D eigenvalue weighted by molar-refractivity contribution is 0.803. The van der Waals surface area contributed by atoms with Gasteiger partial charge in [0.05, 0.1) is 0 Å². The van der Waals surface area contributed by atoms with Gasteiger partial charge in [-0.15, -0.1) is 0 Å². The average Bonchev–Trinajstić information content (AvgIpc) is 1.65. The zero-order chi connectivity index (χ0) is 4.99. The van der Waals surface area contributed by atoms with E-state index in [2.05, 4.69) is 14.8 Å². The van der Waals surface area contributed by atoms with Crippen molar-refractivity contribution in [1.82, 2.24) is 0 Å². The van der Waals surface area contributed by atoms with Crippen molar-refractivity contribution in [3.8, 4) is 0 Å². The summed E-state index contributed by atoms with van der Waals surface area (Å²) < 4.78 is 0. The Kier molecular flexibility index (Phi) is 3.24. The van der Waals surface area contributed by atoms with E-state index in [1.165, 1.54) is 6.42 Å². The zero-order valence-corrected chi connectivity index (χ0v) is 4.57. The highest BCUT2D eigenvalue weighted by Crippen LogP contribution is 1.97. The van der Waals surface area contributed by atoms with E-state index in [1.54, 1.807) is 0 Å². The topological polar surface area (TPSA) is 26.0 Å². The lowest BCUT2D eigenvalue weighted by atomic mass is 9.86. The van der Waals surface area contributed by atoms with Crippen LogP contribution in [0.2, 0.25) is 5.82 Å². The summed E-state index contributed by atoms with van der Waals surface area (Å²) in [6.45, 7) is 2.98. The molecule has 1 atom stereocenters. The van der Waals surface area contributed by atoms with Gasteiger partial charge in [-0.2, -0.15) is 0 Å². The van der Waals surface area contributed by atoms with E-state index < -0.39 is 0 Å². The first-order chi connectivity index (χ1) is 2.81. The Labute approximate surface area is 40.3 Å². The van der Waals surface area contributed by atoms with Crippen LogP contribution in [-0.2, 0) is 0 Å². The molecule has 0 spiro atoms. The summed E-state index contributed by atoms with van der Waals surface area (Å²) >= 11 is 0. The maximum Gasteiger partial charge on any atom is 0.107 e. The van der Waals surface area contributed by atoms with Crippen LogP contribution in [-0.4, -0.2) is 14.4 Å². The second kappa shape index (κ2) is 3.22. The molecule has 1 nitrogen and oxygen atoms in total. The summed E-state index contributed by atoms with van der Waals surface area (Å²) in [5, 5.41) is 0. The predicted octanol–water partition coefficient (Wildman–Crippen LogP) is -0.223. The van der Waals surface area contributed by atoms with E-state index in [-0.39, 0.29) is 0 Å². The lowest BCUT2D eigenvalue weighted by Crippen LogP contribution is -2.06. The fourth-order valence-electron chi connectivity index (χ4n) is 0.167. The van der Waals surface area contributed by atoms with Crippen molar-refractivity contribution in [2.45, 2.75) is 19.2 Å². The van der Waals surface area contributed by atoms with E-state index in [4.69, 9.17) is 5.73 Å². The van der Waals surface area contributed by atoms with Crippen LogP contribution in [0.15, 0.2) is 0 Å². The van der Waals surface area contributed by atoms with Gasteiger partial charge >= 0.3 is 0 Å². The minimum atomic E-state index is 0.713. The van der Waals surface area contributed by atoms with Gasteiger partial charge < -0.3 is 5.73 Å². The Morgan fingerprint density at radius 3 is 2.33 bits per heavy atom. The average molecular weight is 85.0 g/mol. The minimum Gasteiger partial charge on any atom is -0.331 e. The highest BCUT2D eigenvalue weighted by atomic mass is 14.5. The molecule has 0 aromatic heterocycles. The zero-order valence-electron chi connectivity index (χ0n) is 4.57. The Morgan fingerprint density at radius 1 is 1.83 bits per heavy atom. The molecular formula is C4H12BN. The molecule has 0 aromatic rings. The maximum atomic E-state index is 5.28. The molecule has 0 saturated heterocycles. The molecule has 0 fully saturated rings. The van der Waals surface area contributed by atoms with Gasteiger partial charge in [0.1, 0.15) is 7.85 Å². The van der Waals surface area contributed by atoms with Gasteiger partial charge in [-0.25, -0.2) is 0 Å². The van der Waals surface area contributed by atoms with Gasteiger partial charge in [0.15, 0.2) is 0 Å². The van der Waals surface area contributed by atoms with Gasteiger partial charge in [0.2, 0.25) is 0 Å². The molecule has 0 aromatic carbocycles. The van der Waals surface area contributed by atoms with Crippen molar-refractivity contribution in [3.63, 3.8) is 0 Å². The Hall–Kier alpha value is 0.0249. The standard InChI is InChI=1S/C4H12BN/c1-2-4(5)3-6/h4H,2-3,5-6H2,1H3/t4-/m0/s1. The first-order valence-corrected chi connectivity index (χ1v) is 2.51. The van der Waals surface area contributed by atoms with Crippen molar-refractivity contribution < 1.29 is 0 Å². The molecule has 0 rings (SSSR count). The third-order valence-corrected chi connectivity index (χ3v) is 1.10. The molecule has 0 amide bonds. The molecule has 0 unspecified atom stereocenters. The Morgan fingerprint density at radius 2 is 2.33 bits per heavy atom. The number of hydrogen-bond acceptors (Lipinski definition) is 1. The van der Waals surface area contributed by atoms with Crippen LogP contribution in [0, 0.1) is 0 Å². The van der Waals surface area contributed by atoms with Crippen LogP contribution < -0.4 is 5.73 Å². The third-order valence-electron chi connectivity index (χ3n) is 1.10. The Bertz CT molecular complexity index is 26.7. The molecule has 0 heterocycles. The summed E-state index contributed by atoms with van der Waals surface area (Å²) in [4.78, 5) is 0. The van der Waals surface area contributed by atoms with Gasteiger partial charge in [0.25, 0.3) is 0 Å². The van der Waals surface area contributed by atoms with Gasteiger partial charge in [0, 0.05) is 0 Å². The van der Waals surface area contributed by atoms with Crippen LogP contribution in [0.1, 0.15) is 13.3 Å². The summed E-state index contributed by atoms with van der Waals surface area (Å²) in [7, 11) is 2.15. The molecule has 2 N–H and O–H groups in total. The lowest BCUT2D eigenvalue weighted by Gasteiger charge is -1.98. The van der Waals surface area contributed by atoms with Gasteiger partial charge in [-0.05, 0) is 6.54 Å². The number of hydrogen-bond donors (Lipinski definition) is 1. The first kappa shape index (κ1) is 6.02. The van der Waals surface area contributed by atoms with Crippen LogP contribution in [0.3, 0.4) is 0 Å². The predicted molar refractivity (Wildman–Crippen MR) is 31.6 cm³/mol. The normalized spacial score (nSPS) is 14.3. The molecule has 36 valence electrons. The molecule has 0 saturated carbocycles. The van der Waals surface area contributed by atoms with Gasteiger partial charge in [-0.1, -0.05) is 19.2 Å². The molecule has 0 radical (unpaired) electrons. The second-order valence-corrected chi connectivity index (χ2v) is 1.75. The minimum absolute atomic E-state index is 0.713. The molecule has 0 aliphatic rings. The van der Waals surface area contributed by atoms with E-state index in [9.17, 15) is 0 Å². The molecule has 0 aliphatic carbocycles. The summed E-state index contributed by atoms with van der Waals surface area (Å²) in [6.07, 6.45) is 1.20. The van der Waals surface area contributed by atoms with E-state index >= 15 is 0 Å². The van der Waals surface area contributed by atoms with Crippen LogP contribution in [0.25, 0.3) is 0 Å². The molecule has 6 heavy (non-hydrogen) atoms. The highest BCUT2D eigenvalue weighted by Gasteiger charge is 1.89. The highest BCUT2D eigenvalue weighted by molar-refractivity contribution is 6.11. The second-order valence-electron chi connectivity index (χ2n) is 1.75. The van der Waals surface area contributed by atoms with Crippen molar-refractivity contribution in [2.75, 3.05) is 6.54 Å². The largest absolute Gasteiger partial charge is 0.331 e. The summed E-state index contributed by atoms with van der Waals surface area (Å²) in [5.41, 5.74) is 5.28. The molecule has 2 heteroatoms. The monoisotopic (exact) mass is 85.1 g/mol. The molecule has 0 aliphatic heterocycles. The Balaban J connectivity index is 2.75. The summed E-state index contributed by atoms with van der Waals surface area (Å²) in [5.74, 6) is 0.713. The molecule has 0 bridgehead atoms. The van der Waals surface area contributed by atoms with Gasteiger partial charge in [-0.3, -0.25) is 0 Å². The van der Waals surface area contributed by atoms with E-state index in [1.807, 2.05) is 0 Å². The first-order valence-electron chi connectivity index (χ1n) is 2.51. The smallest absolute Gasteiger partial charge is 0.107 e. The fraction of sp³-hybridized carbons (Fsp3) is 1.00. The molecular weight excluding hydrogens is 72.9 g/mol. The van der Waals surface area contributed by atoms with Crippen LogP contribution in [0.5, 0.6) is 0 Å². The maximum absolute atomic E-state index is 5.28. The number of rotatable bonds is 2. The SMILES string of the molecule is B[C@@H](CC)CN. The van der Waals surface area contributed by atoms with Crippen molar-refractivity contribution in [3.05, 3.63) is 0 Å². The van der Waals surface area contributed by atoms with E-state index in [0.29, 0.717) is 5.82 Å².